The summed E-state index contributed by atoms with van der Waals surface area (Å²) >= 11 is 0. The quantitative estimate of drug-likeness (QED) is 0.728. The molecule has 0 saturated carbocycles. The van der Waals surface area contributed by atoms with Crippen molar-refractivity contribution in [1.82, 2.24) is 14.8 Å². The molecule has 0 fully saturated rings. The summed E-state index contributed by atoms with van der Waals surface area (Å²) in [7, 11) is 1.77. The van der Waals surface area contributed by atoms with Crippen LogP contribution in [0.15, 0.2) is 36.7 Å². The van der Waals surface area contributed by atoms with Crippen LogP contribution in [-0.2, 0) is 13.5 Å². The van der Waals surface area contributed by atoms with E-state index in [2.05, 4.69) is 10.1 Å². The van der Waals surface area contributed by atoms with Gasteiger partial charge in [-0.05, 0) is 24.6 Å². The van der Waals surface area contributed by atoms with Crippen molar-refractivity contribution in [2.45, 2.75) is 12.8 Å². The molecule has 0 amide bonds. The summed E-state index contributed by atoms with van der Waals surface area (Å²) in [5.41, 5.74) is 1.59. The molecular formula is C12H13N3O. The van der Waals surface area contributed by atoms with E-state index in [1.807, 2.05) is 18.2 Å². The van der Waals surface area contributed by atoms with Gasteiger partial charge in [-0.25, -0.2) is 0 Å². The van der Waals surface area contributed by atoms with E-state index in [9.17, 15) is 4.79 Å². The van der Waals surface area contributed by atoms with Crippen molar-refractivity contribution in [2.24, 2.45) is 7.05 Å². The molecule has 0 unspecified atom stereocenters. The summed E-state index contributed by atoms with van der Waals surface area (Å²) < 4.78 is 1.60. The highest BCUT2D eigenvalue weighted by Gasteiger charge is 2.09. The molecule has 0 atom stereocenters. The Morgan fingerprint density at radius 1 is 1.31 bits per heavy atom. The smallest absolute Gasteiger partial charge is 0.181 e. The van der Waals surface area contributed by atoms with Gasteiger partial charge < -0.3 is 0 Å². The van der Waals surface area contributed by atoms with Crippen LogP contribution in [0, 0.1) is 0 Å². The number of ketones is 1. The average Bonchev–Trinajstić information content (AvgIpc) is 2.74. The molecule has 0 bridgehead atoms. The Labute approximate surface area is 93.9 Å². The number of hydrogen-bond acceptors (Lipinski definition) is 3. The Kier molecular flexibility index (Phi) is 3.10. The number of hydrogen-bond donors (Lipinski definition) is 0. The minimum atomic E-state index is 0.102. The molecule has 0 aliphatic carbocycles. The first-order valence-electron chi connectivity index (χ1n) is 5.18. The van der Waals surface area contributed by atoms with Crippen molar-refractivity contribution in [1.29, 1.82) is 0 Å². The fourth-order valence-electron chi connectivity index (χ4n) is 1.56. The number of rotatable bonds is 4. The molecule has 0 aliphatic rings. The fraction of sp³-hybridized carbons (Fsp3) is 0.250. The molecule has 2 aromatic rings. The predicted octanol–water partition coefficient (Wildman–Crippen LogP) is 1.63. The Bertz CT molecular complexity index is 476. The van der Waals surface area contributed by atoms with Crippen molar-refractivity contribution in [3.63, 3.8) is 0 Å². The first-order valence-corrected chi connectivity index (χ1v) is 5.18. The minimum absolute atomic E-state index is 0.102. The summed E-state index contributed by atoms with van der Waals surface area (Å²) in [4.78, 5) is 16.0. The van der Waals surface area contributed by atoms with Gasteiger partial charge in [0.15, 0.2) is 5.78 Å². The number of carbonyl (C=O) groups is 1. The molecule has 0 aliphatic heterocycles. The molecule has 4 nitrogen and oxygen atoms in total. The zero-order valence-corrected chi connectivity index (χ0v) is 9.13. The van der Waals surface area contributed by atoms with E-state index in [1.54, 1.807) is 30.2 Å². The van der Waals surface area contributed by atoms with Crippen molar-refractivity contribution in [3.8, 4) is 0 Å². The van der Waals surface area contributed by atoms with Gasteiger partial charge in [0.2, 0.25) is 0 Å². The molecule has 0 spiro atoms. The monoisotopic (exact) mass is 215 g/mol. The van der Waals surface area contributed by atoms with Crippen LogP contribution in [-0.4, -0.2) is 20.5 Å². The number of pyridine rings is 1. The standard InChI is InChI=1S/C12H13N3O/c1-15-11(7-9-14-15)12(16)6-5-10-4-2-3-8-13-10/h2-4,7-9H,5-6H2,1H3. The van der Waals surface area contributed by atoms with Crippen molar-refractivity contribution in [3.05, 3.63) is 48.0 Å². The van der Waals surface area contributed by atoms with E-state index < -0.39 is 0 Å². The third-order valence-electron chi connectivity index (χ3n) is 2.44. The lowest BCUT2D eigenvalue weighted by Crippen LogP contribution is -2.08. The lowest BCUT2D eigenvalue weighted by molar-refractivity contribution is 0.0973. The second-order valence-corrected chi connectivity index (χ2v) is 3.58. The zero-order valence-electron chi connectivity index (χ0n) is 9.13. The number of carbonyl (C=O) groups excluding carboxylic acids is 1. The maximum atomic E-state index is 11.8. The van der Waals surface area contributed by atoms with Crippen LogP contribution in [0.2, 0.25) is 0 Å². The van der Waals surface area contributed by atoms with E-state index in [0.29, 0.717) is 18.5 Å². The Hall–Kier alpha value is -1.97. The number of Topliss-reactive ketones (excluding diaryl/α,β-unsaturated/α-hetero) is 1. The predicted molar refractivity (Wildman–Crippen MR) is 60.1 cm³/mol. The zero-order chi connectivity index (χ0) is 11.4. The molecule has 2 rings (SSSR count). The van der Waals surface area contributed by atoms with E-state index in [-0.39, 0.29) is 5.78 Å². The summed E-state index contributed by atoms with van der Waals surface area (Å²) in [6.07, 6.45) is 4.51. The first kappa shape index (κ1) is 10.5. The second kappa shape index (κ2) is 4.70. The number of aromatic nitrogens is 3. The molecule has 16 heavy (non-hydrogen) atoms. The third kappa shape index (κ3) is 2.34. The van der Waals surface area contributed by atoms with Gasteiger partial charge in [0.25, 0.3) is 0 Å². The Morgan fingerprint density at radius 3 is 2.81 bits per heavy atom. The maximum Gasteiger partial charge on any atom is 0.181 e. The molecule has 0 N–H and O–H groups in total. The normalized spacial score (nSPS) is 10.3. The van der Waals surface area contributed by atoms with Crippen molar-refractivity contribution in [2.75, 3.05) is 0 Å². The molecule has 82 valence electrons. The topological polar surface area (TPSA) is 47.8 Å². The lowest BCUT2D eigenvalue weighted by atomic mass is 10.1. The number of aryl methyl sites for hydroxylation is 2. The average molecular weight is 215 g/mol. The van der Waals surface area contributed by atoms with E-state index in [0.717, 1.165) is 5.69 Å². The molecular weight excluding hydrogens is 202 g/mol. The van der Waals surface area contributed by atoms with Crippen LogP contribution in [0.5, 0.6) is 0 Å². The molecule has 2 heterocycles. The highest BCUT2D eigenvalue weighted by atomic mass is 16.1. The summed E-state index contributed by atoms with van der Waals surface area (Å²) in [6.45, 7) is 0. The van der Waals surface area contributed by atoms with Gasteiger partial charge in [-0.15, -0.1) is 0 Å². The van der Waals surface area contributed by atoms with Gasteiger partial charge in [-0.3, -0.25) is 14.5 Å². The molecule has 0 saturated heterocycles. The van der Waals surface area contributed by atoms with Gasteiger partial charge in [0.05, 0.1) is 0 Å². The minimum Gasteiger partial charge on any atom is -0.292 e. The highest BCUT2D eigenvalue weighted by molar-refractivity contribution is 5.94. The molecule has 2 aromatic heterocycles. The lowest BCUT2D eigenvalue weighted by Gasteiger charge is -2.01. The van der Waals surface area contributed by atoms with E-state index in [4.69, 9.17) is 0 Å². The summed E-state index contributed by atoms with van der Waals surface area (Å²) in [5, 5.41) is 3.97. The summed E-state index contributed by atoms with van der Waals surface area (Å²) in [5.74, 6) is 0.102. The third-order valence-corrected chi connectivity index (χ3v) is 2.44. The van der Waals surface area contributed by atoms with Gasteiger partial charge in [0.1, 0.15) is 5.69 Å². The SMILES string of the molecule is Cn1nccc1C(=O)CCc1ccccn1. The fourth-order valence-corrected chi connectivity index (χ4v) is 1.56. The molecule has 0 aromatic carbocycles. The van der Waals surface area contributed by atoms with Gasteiger partial charge >= 0.3 is 0 Å². The van der Waals surface area contributed by atoms with Crippen molar-refractivity contribution < 1.29 is 4.79 Å². The first-order chi connectivity index (χ1) is 7.77. The van der Waals surface area contributed by atoms with Gasteiger partial charge in [-0.1, -0.05) is 6.07 Å². The van der Waals surface area contributed by atoms with Gasteiger partial charge in [0, 0.05) is 31.6 Å². The maximum absolute atomic E-state index is 11.8. The van der Waals surface area contributed by atoms with Crippen molar-refractivity contribution >= 4 is 5.78 Å². The van der Waals surface area contributed by atoms with E-state index >= 15 is 0 Å². The number of nitrogens with zero attached hydrogens (tertiary/aromatic N) is 3. The summed E-state index contributed by atoms with van der Waals surface area (Å²) in [6, 6.07) is 7.46. The van der Waals surface area contributed by atoms with Crippen LogP contribution >= 0.6 is 0 Å². The van der Waals surface area contributed by atoms with Crippen LogP contribution < -0.4 is 0 Å². The Balaban J connectivity index is 1.97. The largest absolute Gasteiger partial charge is 0.292 e. The van der Waals surface area contributed by atoms with E-state index in [1.165, 1.54) is 0 Å². The molecule has 0 radical (unpaired) electrons. The Morgan fingerprint density at radius 2 is 2.19 bits per heavy atom. The second-order valence-electron chi connectivity index (χ2n) is 3.58. The van der Waals surface area contributed by atoms with Crippen LogP contribution in [0.3, 0.4) is 0 Å². The van der Waals surface area contributed by atoms with Crippen LogP contribution in [0.25, 0.3) is 0 Å². The molecule has 4 heteroatoms. The van der Waals surface area contributed by atoms with Crippen LogP contribution in [0.1, 0.15) is 22.6 Å². The van der Waals surface area contributed by atoms with Crippen LogP contribution in [0.4, 0.5) is 0 Å². The van der Waals surface area contributed by atoms with Gasteiger partial charge in [-0.2, -0.15) is 5.10 Å². The highest BCUT2D eigenvalue weighted by Crippen LogP contribution is 2.05.